The van der Waals surface area contributed by atoms with Crippen LogP contribution in [-0.2, 0) is 6.54 Å². The zero-order valence-electron chi connectivity index (χ0n) is 14.2. The Morgan fingerprint density at radius 3 is 2.52 bits per heavy atom. The third kappa shape index (κ3) is 4.55. The third-order valence-corrected chi connectivity index (χ3v) is 5.38. The van der Waals surface area contributed by atoms with E-state index >= 15 is 0 Å². The van der Waals surface area contributed by atoms with E-state index in [1.165, 1.54) is 57.8 Å². The van der Waals surface area contributed by atoms with E-state index in [2.05, 4.69) is 35.5 Å². The summed E-state index contributed by atoms with van der Waals surface area (Å²) in [5, 5.41) is 4.41. The molecule has 1 aliphatic carbocycles. The first-order valence-electron chi connectivity index (χ1n) is 8.98. The van der Waals surface area contributed by atoms with E-state index in [-0.39, 0.29) is 0 Å². The summed E-state index contributed by atoms with van der Waals surface area (Å²) >= 11 is 0. The monoisotopic (exact) mass is 291 g/mol. The van der Waals surface area contributed by atoms with Crippen LogP contribution in [0.1, 0.15) is 78.6 Å². The molecule has 0 aliphatic heterocycles. The molecule has 0 aromatic carbocycles. The topological polar surface area (TPSA) is 30.7 Å². The van der Waals surface area contributed by atoms with Crippen LogP contribution in [0, 0.1) is 17.3 Å². The Bertz CT molecular complexity index is 379. The summed E-state index contributed by atoms with van der Waals surface area (Å²) < 4.78 is 2.09. The molecule has 1 fully saturated rings. The fraction of sp³-hybridized carbons (Fsp3) is 0.889. The van der Waals surface area contributed by atoms with Crippen LogP contribution in [0.4, 0.5) is 0 Å². The van der Waals surface area contributed by atoms with E-state index in [1.54, 1.807) is 6.33 Å². The second-order valence-electron chi connectivity index (χ2n) is 7.47. The van der Waals surface area contributed by atoms with Crippen molar-refractivity contribution in [2.45, 2.75) is 85.1 Å². The van der Waals surface area contributed by atoms with Gasteiger partial charge in [0.2, 0.25) is 0 Å². The van der Waals surface area contributed by atoms with Gasteiger partial charge in [-0.05, 0) is 42.9 Å². The van der Waals surface area contributed by atoms with Gasteiger partial charge in [0, 0.05) is 6.54 Å². The van der Waals surface area contributed by atoms with Gasteiger partial charge >= 0.3 is 0 Å². The van der Waals surface area contributed by atoms with Crippen molar-refractivity contribution in [2.75, 3.05) is 0 Å². The van der Waals surface area contributed by atoms with E-state index in [0.29, 0.717) is 5.41 Å². The lowest BCUT2D eigenvalue weighted by molar-refractivity contribution is 0.0592. The summed E-state index contributed by atoms with van der Waals surface area (Å²) in [6.45, 7) is 8.12. The van der Waals surface area contributed by atoms with Gasteiger partial charge in [-0.1, -0.05) is 52.9 Å². The van der Waals surface area contributed by atoms with Gasteiger partial charge in [-0.25, -0.2) is 4.98 Å². The summed E-state index contributed by atoms with van der Waals surface area (Å²) in [5.41, 5.74) is 0.438. The molecule has 1 saturated carbocycles. The van der Waals surface area contributed by atoms with Gasteiger partial charge < -0.3 is 0 Å². The highest BCUT2D eigenvalue weighted by Gasteiger charge is 2.38. The zero-order valence-corrected chi connectivity index (χ0v) is 14.2. The number of hydrogen-bond acceptors (Lipinski definition) is 2. The van der Waals surface area contributed by atoms with Crippen LogP contribution in [0.2, 0.25) is 0 Å². The molecule has 1 aromatic rings. The summed E-state index contributed by atoms with van der Waals surface area (Å²) in [6.07, 6.45) is 16.0. The summed E-state index contributed by atoms with van der Waals surface area (Å²) in [7, 11) is 0. The molecule has 0 spiro atoms. The van der Waals surface area contributed by atoms with E-state index in [0.717, 1.165) is 18.4 Å². The molecular weight excluding hydrogens is 258 g/mol. The zero-order chi connectivity index (χ0) is 15.1. The SMILES string of the molecule is CCCC(CCC(C)C)(Cn1cncn1)C1CCCCC1. The normalized spacial score (nSPS) is 19.8. The minimum absolute atomic E-state index is 0.438. The van der Waals surface area contributed by atoms with Gasteiger partial charge in [0.25, 0.3) is 0 Å². The number of nitrogens with zero attached hydrogens (tertiary/aromatic N) is 3. The van der Waals surface area contributed by atoms with Gasteiger partial charge in [0.15, 0.2) is 0 Å². The van der Waals surface area contributed by atoms with Crippen molar-refractivity contribution in [2.24, 2.45) is 17.3 Å². The second-order valence-corrected chi connectivity index (χ2v) is 7.47. The van der Waals surface area contributed by atoms with Gasteiger partial charge in [0.1, 0.15) is 12.7 Å². The molecule has 1 atom stereocenters. The fourth-order valence-electron chi connectivity index (χ4n) is 4.25. The van der Waals surface area contributed by atoms with E-state index in [4.69, 9.17) is 0 Å². The van der Waals surface area contributed by atoms with Crippen LogP contribution in [0.25, 0.3) is 0 Å². The van der Waals surface area contributed by atoms with Crippen LogP contribution in [0.3, 0.4) is 0 Å². The lowest BCUT2D eigenvalue weighted by atomic mass is 9.63. The van der Waals surface area contributed by atoms with E-state index in [9.17, 15) is 0 Å². The Kier molecular flexibility index (Phi) is 6.25. The van der Waals surface area contributed by atoms with Crippen molar-refractivity contribution >= 4 is 0 Å². The van der Waals surface area contributed by atoms with Crippen LogP contribution in [0.15, 0.2) is 12.7 Å². The maximum atomic E-state index is 4.41. The molecule has 0 saturated heterocycles. The van der Waals surface area contributed by atoms with E-state index in [1.807, 2.05) is 6.33 Å². The first kappa shape index (κ1) is 16.5. The van der Waals surface area contributed by atoms with Gasteiger partial charge in [-0.2, -0.15) is 5.10 Å². The number of hydrogen-bond donors (Lipinski definition) is 0. The van der Waals surface area contributed by atoms with Crippen LogP contribution in [-0.4, -0.2) is 14.8 Å². The molecular formula is C18H33N3. The molecule has 3 heteroatoms. The maximum absolute atomic E-state index is 4.41. The van der Waals surface area contributed by atoms with Crippen molar-refractivity contribution in [1.82, 2.24) is 14.8 Å². The molecule has 1 heterocycles. The lowest BCUT2D eigenvalue weighted by Gasteiger charge is -2.43. The molecule has 1 unspecified atom stereocenters. The predicted octanol–water partition coefficient (Wildman–Crippen LogP) is 5.08. The highest BCUT2D eigenvalue weighted by atomic mass is 15.3. The minimum atomic E-state index is 0.438. The highest BCUT2D eigenvalue weighted by molar-refractivity contribution is 4.88. The fourth-order valence-corrected chi connectivity index (χ4v) is 4.25. The first-order chi connectivity index (χ1) is 10.2. The van der Waals surface area contributed by atoms with Crippen LogP contribution >= 0.6 is 0 Å². The molecule has 1 aromatic heterocycles. The highest BCUT2D eigenvalue weighted by Crippen LogP contribution is 2.47. The van der Waals surface area contributed by atoms with Crippen LogP contribution in [0.5, 0.6) is 0 Å². The molecule has 21 heavy (non-hydrogen) atoms. The Morgan fingerprint density at radius 2 is 1.95 bits per heavy atom. The van der Waals surface area contributed by atoms with Gasteiger partial charge in [0.05, 0.1) is 0 Å². The number of rotatable bonds is 8. The average Bonchev–Trinajstić information content (AvgIpc) is 2.99. The molecule has 0 N–H and O–H groups in total. The molecule has 1 aliphatic rings. The smallest absolute Gasteiger partial charge is 0.137 e. The van der Waals surface area contributed by atoms with Crippen molar-refractivity contribution in [3.05, 3.63) is 12.7 Å². The summed E-state index contributed by atoms with van der Waals surface area (Å²) in [5.74, 6) is 1.68. The van der Waals surface area contributed by atoms with Crippen molar-refractivity contribution in [3.63, 3.8) is 0 Å². The summed E-state index contributed by atoms with van der Waals surface area (Å²) in [4.78, 5) is 4.16. The Balaban J connectivity index is 2.18. The second kappa shape index (κ2) is 7.95. The maximum Gasteiger partial charge on any atom is 0.137 e. The standard InChI is InChI=1S/C18H33N3/c1-4-11-18(12-10-16(2)3,13-21-15-19-14-20-21)17-8-6-5-7-9-17/h14-17H,4-13H2,1-3H3. The van der Waals surface area contributed by atoms with Crippen molar-refractivity contribution in [3.8, 4) is 0 Å². The third-order valence-electron chi connectivity index (χ3n) is 5.38. The molecule has 120 valence electrons. The average molecular weight is 291 g/mol. The number of aromatic nitrogens is 3. The molecule has 0 radical (unpaired) electrons. The van der Waals surface area contributed by atoms with Gasteiger partial charge in [-0.3, -0.25) is 4.68 Å². The lowest BCUT2D eigenvalue weighted by Crippen LogP contribution is -2.37. The molecule has 2 rings (SSSR count). The van der Waals surface area contributed by atoms with Crippen LogP contribution < -0.4 is 0 Å². The molecule has 3 nitrogen and oxygen atoms in total. The molecule has 0 amide bonds. The Morgan fingerprint density at radius 1 is 1.19 bits per heavy atom. The summed E-state index contributed by atoms with van der Waals surface area (Å²) in [6, 6.07) is 0. The Labute approximate surface area is 130 Å². The van der Waals surface area contributed by atoms with Gasteiger partial charge in [-0.15, -0.1) is 0 Å². The largest absolute Gasteiger partial charge is 0.252 e. The van der Waals surface area contributed by atoms with Crippen molar-refractivity contribution in [1.29, 1.82) is 0 Å². The van der Waals surface area contributed by atoms with Crippen molar-refractivity contribution < 1.29 is 0 Å². The molecule has 0 bridgehead atoms. The van der Waals surface area contributed by atoms with E-state index < -0.39 is 0 Å². The minimum Gasteiger partial charge on any atom is -0.252 e. The quantitative estimate of drug-likeness (QED) is 0.668. The Hall–Kier alpha value is -0.860. The first-order valence-corrected chi connectivity index (χ1v) is 8.98. The predicted molar refractivity (Wildman–Crippen MR) is 88.0 cm³/mol.